The molecular formula is C22H21N5O2. The number of aryl methyl sites for hydroxylation is 3. The van der Waals surface area contributed by atoms with Gasteiger partial charge < -0.3 is 9.88 Å². The molecule has 146 valence electrons. The van der Waals surface area contributed by atoms with Gasteiger partial charge in [-0.25, -0.2) is 9.67 Å². The largest absolute Gasteiger partial charge is 0.321 e. The first-order chi connectivity index (χ1) is 14.0. The van der Waals surface area contributed by atoms with Gasteiger partial charge in [0, 0.05) is 12.7 Å². The lowest BCUT2D eigenvalue weighted by Gasteiger charge is -2.05. The second-order valence-corrected chi connectivity index (χ2v) is 6.96. The standard InChI is InChI=1S/C22H21N5O2/c1-4-15-6-5-7-16(12-15)24-21(28)19-18-20(22(29)26(3)13-23-18)27(25-19)17-10-8-14(2)9-11-17/h5-13H,4H2,1-3H3,(H,24,28). The zero-order chi connectivity index (χ0) is 20.5. The van der Waals surface area contributed by atoms with Crippen LogP contribution in [0.2, 0.25) is 0 Å². The maximum Gasteiger partial charge on any atom is 0.279 e. The van der Waals surface area contributed by atoms with Crippen molar-refractivity contribution >= 4 is 22.6 Å². The number of carbonyl (C=O) groups excluding carboxylic acids is 1. The van der Waals surface area contributed by atoms with Crippen molar-refractivity contribution in [3.8, 4) is 5.69 Å². The number of fused-ring (bicyclic) bond motifs is 1. The zero-order valence-corrected chi connectivity index (χ0v) is 16.5. The van der Waals surface area contributed by atoms with E-state index in [1.807, 2.05) is 55.5 Å². The molecule has 7 nitrogen and oxygen atoms in total. The minimum Gasteiger partial charge on any atom is -0.321 e. The second kappa shape index (κ2) is 7.35. The van der Waals surface area contributed by atoms with Crippen molar-refractivity contribution < 1.29 is 4.79 Å². The average Bonchev–Trinajstić information content (AvgIpc) is 3.12. The third kappa shape index (κ3) is 3.42. The summed E-state index contributed by atoms with van der Waals surface area (Å²) in [4.78, 5) is 30.1. The van der Waals surface area contributed by atoms with Crippen LogP contribution in [0.5, 0.6) is 0 Å². The highest BCUT2D eigenvalue weighted by atomic mass is 16.2. The van der Waals surface area contributed by atoms with E-state index in [4.69, 9.17) is 0 Å². The molecule has 4 rings (SSSR count). The maximum absolute atomic E-state index is 13.0. The van der Waals surface area contributed by atoms with Gasteiger partial charge in [-0.3, -0.25) is 9.59 Å². The van der Waals surface area contributed by atoms with Crippen LogP contribution < -0.4 is 10.9 Å². The van der Waals surface area contributed by atoms with Gasteiger partial charge in [0.25, 0.3) is 11.5 Å². The first-order valence-corrected chi connectivity index (χ1v) is 9.39. The van der Waals surface area contributed by atoms with E-state index in [-0.39, 0.29) is 22.3 Å². The normalized spacial score (nSPS) is 11.0. The second-order valence-electron chi connectivity index (χ2n) is 6.96. The van der Waals surface area contributed by atoms with E-state index in [0.29, 0.717) is 11.4 Å². The van der Waals surface area contributed by atoms with Crippen molar-refractivity contribution in [1.29, 1.82) is 0 Å². The Kier molecular flexibility index (Phi) is 4.72. The van der Waals surface area contributed by atoms with Gasteiger partial charge in [-0.1, -0.05) is 36.8 Å². The molecule has 0 aliphatic heterocycles. The minimum atomic E-state index is -0.408. The zero-order valence-electron chi connectivity index (χ0n) is 16.5. The lowest BCUT2D eigenvalue weighted by molar-refractivity contribution is 0.102. The first kappa shape index (κ1) is 18.6. The van der Waals surface area contributed by atoms with Gasteiger partial charge in [0.1, 0.15) is 5.52 Å². The highest BCUT2D eigenvalue weighted by Gasteiger charge is 2.22. The molecule has 4 aromatic rings. The monoisotopic (exact) mass is 387 g/mol. The van der Waals surface area contributed by atoms with E-state index in [1.165, 1.54) is 15.6 Å². The quantitative estimate of drug-likeness (QED) is 0.583. The van der Waals surface area contributed by atoms with E-state index in [2.05, 4.69) is 22.3 Å². The molecular weight excluding hydrogens is 366 g/mol. The molecule has 1 N–H and O–H groups in total. The molecule has 0 saturated heterocycles. The van der Waals surface area contributed by atoms with Gasteiger partial charge in [0.05, 0.1) is 12.0 Å². The molecule has 0 spiro atoms. The van der Waals surface area contributed by atoms with Crippen LogP contribution in [0.4, 0.5) is 5.69 Å². The Bertz CT molecular complexity index is 1270. The van der Waals surface area contributed by atoms with Crippen molar-refractivity contribution in [3.05, 3.63) is 82.0 Å². The lowest BCUT2D eigenvalue weighted by atomic mass is 10.1. The summed E-state index contributed by atoms with van der Waals surface area (Å²) in [6.45, 7) is 4.03. The molecule has 1 amide bonds. The molecule has 0 unspecified atom stereocenters. The topological polar surface area (TPSA) is 81.8 Å². The number of hydrogen-bond acceptors (Lipinski definition) is 4. The molecule has 2 aromatic carbocycles. The number of nitrogens with one attached hydrogen (secondary N) is 1. The summed E-state index contributed by atoms with van der Waals surface area (Å²) in [6, 6.07) is 15.2. The Balaban J connectivity index is 1.84. The number of carbonyl (C=O) groups is 1. The van der Waals surface area contributed by atoms with E-state index >= 15 is 0 Å². The molecule has 2 heterocycles. The number of nitrogens with zero attached hydrogens (tertiary/aromatic N) is 4. The van der Waals surface area contributed by atoms with Crippen LogP contribution in [0.3, 0.4) is 0 Å². The Hall–Kier alpha value is -3.74. The van der Waals surface area contributed by atoms with E-state index in [9.17, 15) is 9.59 Å². The third-order valence-electron chi connectivity index (χ3n) is 4.83. The smallest absolute Gasteiger partial charge is 0.279 e. The molecule has 0 atom stereocenters. The lowest BCUT2D eigenvalue weighted by Crippen LogP contribution is -2.19. The van der Waals surface area contributed by atoms with E-state index < -0.39 is 5.91 Å². The van der Waals surface area contributed by atoms with Crippen molar-refractivity contribution in [1.82, 2.24) is 19.3 Å². The van der Waals surface area contributed by atoms with Crippen molar-refractivity contribution in [2.75, 3.05) is 5.32 Å². The van der Waals surface area contributed by atoms with Crippen LogP contribution in [-0.4, -0.2) is 25.2 Å². The summed E-state index contributed by atoms with van der Waals surface area (Å²) < 4.78 is 2.86. The van der Waals surface area contributed by atoms with Gasteiger partial charge in [0.15, 0.2) is 11.2 Å². The van der Waals surface area contributed by atoms with Crippen LogP contribution in [0.25, 0.3) is 16.7 Å². The first-order valence-electron chi connectivity index (χ1n) is 9.39. The Morgan fingerprint density at radius 3 is 2.62 bits per heavy atom. The number of amides is 1. The van der Waals surface area contributed by atoms with E-state index in [0.717, 1.165) is 17.5 Å². The van der Waals surface area contributed by atoms with Gasteiger partial charge in [-0.15, -0.1) is 0 Å². The summed E-state index contributed by atoms with van der Waals surface area (Å²) in [5, 5.41) is 7.33. The molecule has 0 radical (unpaired) electrons. The summed E-state index contributed by atoms with van der Waals surface area (Å²) >= 11 is 0. The van der Waals surface area contributed by atoms with E-state index in [1.54, 1.807) is 7.05 Å². The van der Waals surface area contributed by atoms with Crippen LogP contribution in [0, 0.1) is 6.92 Å². The van der Waals surface area contributed by atoms with Crippen LogP contribution in [0.15, 0.2) is 59.7 Å². The molecule has 0 fully saturated rings. The highest BCUT2D eigenvalue weighted by molar-refractivity contribution is 6.10. The predicted octanol–water partition coefficient (Wildman–Crippen LogP) is 3.24. The predicted molar refractivity (Wildman–Crippen MR) is 113 cm³/mol. The molecule has 0 saturated carbocycles. The molecule has 0 aliphatic carbocycles. The van der Waals surface area contributed by atoms with Crippen molar-refractivity contribution in [2.24, 2.45) is 7.05 Å². The molecule has 0 bridgehead atoms. The van der Waals surface area contributed by atoms with Gasteiger partial charge in [0.2, 0.25) is 0 Å². The number of benzene rings is 2. The summed E-state index contributed by atoms with van der Waals surface area (Å²) in [5.41, 5.74) is 3.96. The summed E-state index contributed by atoms with van der Waals surface area (Å²) in [5.74, 6) is -0.408. The number of hydrogen-bond donors (Lipinski definition) is 1. The summed E-state index contributed by atoms with van der Waals surface area (Å²) in [7, 11) is 1.62. The fraction of sp³-hybridized carbons (Fsp3) is 0.182. The Morgan fingerprint density at radius 2 is 1.90 bits per heavy atom. The van der Waals surface area contributed by atoms with Gasteiger partial charge in [-0.05, 0) is 43.2 Å². The highest BCUT2D eigenvalue weighted by Crippen LogP contribution is 2.20. The average molecular weight is 387 g/mol. The molecule has 29 heavy (non-hydrogen) atoms. The minimum absolute atomic E-state index is 0.111. The Labute approximate surface area is 167 Å². The van der Waals surface area contributed by atoms with Gasteiger partial charge in [-0.2, -0.15) is 5.10 Å². The number of anilines is 1. The maximum atomic E-state index is 13.0. The fourth-order valence-electron chi connectivity index (χ4n) is 3.17. The summed E-state index contributed by atoms with van der Waals surface area (Å²) in [6.07, 6.45) is 2.27. The molecule has 2 aromatic heterocycles. The number of aromatic nitrogens is 4. The SMILES string of the molecule is CCc1cccc(NC(=O)c2nn(-c3ccc(C)cc3)c3c(=O)n(C)cnc23)c1. The fourth-order valence-corrected chi connectivity index (χ4v) is 3.17. The van der Waals surface area contributed by atoms with Crippen molar-refractivity contribution in [3.63, 3.8) is 0 Å². The Morgan fingerprint density at radius 1 is 1.14 bits per heavy atom. The molecule has 0 aliphatic rings. The van der Waals surface area contributed by atoms with Crippen LogP contribution in [0.1, 0.15) is 28.5 Å². The number of rotatable bonds is 4. The van der Waals surface area contributed by atoms with Crippen molar-refractivity contribution in [2.45, 2.75) is 20.3 Å². The van der Waals surface area contributed by atoms with Gasteiger partial charge >= 0.3 is 0 Å². The third-order valence-corrected chi connectivity index (χ3v) is 4.83. The van der Waals surface area contributed by atoms with Crippen LogP contribution in [-0.2, 0) is 13.5 Å². The molecule has 7 heteroatoms. The van der Waals surface area contributed by atoms with Crippen LogP contribution >= 0.6 is 0 Å².